The number of fused-ring (bicyclic) bond motifs is 1. The number of nitrogen functional groups attached to an aromatic ring is 1. The molecule has 0 saturated carbocycles. The summed E-state index contributed by atoms with van der Waals surface area (Å²) >= 11 is 2.72. The minimum atomic E-state index is -0.430. The van der Waals surface area contributed by atoms with Crippen LogP contribution in [0.2, 0.25) is 0 Å². The van der Waals surface area contributed by atoms with Gasteiger partial charge < -0.3 is 10.5 Å². The van der Waals surface area contributed by atoms with Crippen molar-refractivity contribution in [2.45, 2.75) is 25.9 Å². The number of carbonyl (C=O) groups is 1. The van der Waals surface area contributed by atoms with E-state index in [0.29, 0.717) is 28.2 Å². The van der Waals surface area contributed by atoms with Crippen LogP contribution in [0.15, 0.2) is 39.5 Å². The van der Waals surface area contributed by atoms with Crippen molar-refractivity contribution in [1.29, 1.82) is 0 Å². The first-order valence-corrected chi connectivity index (χ1v) is 10.3. The van der Waals surface area contributed by atoms with Crippen molar-refractivity contribution >= 4 is 45.9 Å². The van der Waals surface area contributed by atoms with Crippen molar-refractivity contribution in [3.8, 4) is 0 Å². The Morgan fingerprint density at radius 2 is 2.15 bits per heavy atom. The molecule has 0 amide bonds. The molecule has 1 aliphatic carbocycles. The Morgan fingerprint density at radius 1 is 1.37 bits per heavy atom. The van der Waals surface area contributed by atoms with Gasteiger partial charge in [0.25, 0.3) is 5.56 Å². The van der Waals surface area contributed by atoms with Gasteiger partial charge in [-0.15, -0.1) is 0 Å². The lowest BCUT2D eigenvalue weighted by Crippen LogP contribution is -2.17. The first kappa shape index (κ1) is 19.4. The Labute approximate surface area is 164 Å². The van der Waals surface area contributed by atoms with E-state index in [2.05, 4.69) is 23.2 Å². The fourth-order valence-corrected chi connectivity index (χ4v) is 4.22. The average Bonchev–Trinajstić information content (AvgIpc) is 3.02. The summed E-state index contributed by atoms with van der Waals surface area (Å²) in [7, 11) is 0. The van der Waals surface area contributed by atoms with Gasteiger partial charge in [0, 0.05) is 17.3 Å². The maximum absolute atomic E-state index is 12.5. The molecule has 0 unspecified atom stereocenters. The van der Waals surface area contributed by atoms with E-state index in [9.17, 15) is 9.59 Å². The minimum Gasteiger partial charge on any atom is -0.490 e. The summed E-state index contributed by atoms with van der Waals surface area (Å²) in [4.78, 5) is 28.8. The molecule has 0 bridgehead atoms. The molecule has 0 aliphatic heterocycles. The Bertz CT molecular complexity index is 1030. The summed E-state index contributed by atoms with van der Waals surface area (Å²) in [6, 6.07) is 0. The number of thioether (sulfide) groups is 1. The first-order valence-electron chi connectivity index (χ1n) is 8.50. The number of hydrogen-bond donors (Lipinski definition) is 1. The number of hydrogen-bond acceptors (Lipinski definition) is 8. The highest BCUT2D eigenvalue weighted by molar-refractivity contribution is 7.99. The first-order chi connectivity index (χ1) is 12.9. The smallest absolute Gasteiger partial charge is 0.283 e. The van der Waals surface area contributed by atoms with E-state index in [1.54, 1.807) is 41.3 Å². The van der Waals surface area contributed by atoms with Gasteiger partial charge in [-0.3, -0.25) is 9.59 Å². The summed E-state index contributed by atoms with van der Waals surface area (Å²) in [5.41, 5.74) is 6.77. The Balaban J connectivity index is 2.06. The lowest BCUT2D eigenvalue weighted by molar-refractivity contribution is -0.114. The SMILES string of the molecule is CCOC1=C/C(=C/c2c(N)n3c(SCC(C)C)nsc3nc2=O)C=CC1=O. The van der Waals surface area contributed by atoms with Gasteiger partial charge in [0.1, 0.15) is 5.82 Å². The quantitative estimate of drug-likeness (QED) is 0.739. The van der Waals surface area contributed by atoms with Crippen LogP contribution in [-0.4, -0.2) is 31.9 Å². The van der Waals surface area contributed by atoms with E-state index in [4.69, 9.17) is 10.5 Å². The average molecular weight is 405 g/mol. The van der Waals surface area contributed by atoms with Crippen molar-refractivity contribution < 1.29 is 9.53 Å². The van der Waals surface area contributed by atoms with E-state index < -0.39 is 5.56 Å². The molecular formula is C18H20N4O3S2. The molecule has 2 N–H and O–H groups in total. The molecule has 0 saturated heterocycles. The van der Waals surface area contributed by atoms with Crippen LogP contribution in [0.5, 0.6) is 0 Å². The third-order valence-electron chi connectivity index (χ3n) is 3.66. The molecule has 2 heterocycles. The molecule has 2 aromatic heterocycles. The molecule has 0 radical (unpaired) electrons. The second-order valence-corrected chi connectivity index (χ2v) is 8.00. The van der Waals surface area contributed by atoms with Gasteiger partial charge in [0.05, 0.1) is 12.2 Å². The van der Waals surface area contributed by atoms with Crippen molar-refractivity contribution in [3.63, 3.8) is 0 Å². The number of ether oxygens (including phenoxy) is 1. The molecule has 142 valence electrons. The van der Waals surface area contributed by atoms with Crippen molar-refractivity contribution in [1.82, 2.24) is 13.8 Å². The second kappa shape index (κ2) is 8.10. The maximum atomic E-state index is 12.5. The van der Waals surface area contributed by atoms with E-state index in [1.807, 2.05) is 0 Å². The van der Waals surface area contributed by atoms with Crippen molar-refractivity contribution in [2.24, 2.45) is 5.92 Å². The van der Waals surface area contributed by atoms with Crippen molar-refractivity contribution in [3.05, 3.63) is 45.5 Å². The van der Waals surface area contributed by atoms with Crippen LogP contribution in [-0.2, 0) is 9.53 Å². The van der Waals surface area contributed by atoms with Crippen LogP contribution in [0.4, 0.5) is 5.82 Å². The molecule has 0 aromatic carbocycles. The standard InChI is InChI=1S/C18H20N4O3S2/c1-4-25-14-8-11(5-6-13(14)23)7-12-15(19)22-17(20-16(12)24)27-21-18(22)26-9-10(2)3/h5-8,10H,4,9,19H2,1-3H3/b11-7+. The van der Waals surface area contributed by atoms with Crippen LogP contribution in [0.25, 0.3) is 11.0 Å². The number of nitrogens with zero attached hydrogens (tertiary/aromatic N) is 3. The molecule has 9 heteroatoms. The maximum Gasteiger partial charge on any atom is 0.283 e. The van der Waals surface area contributed by atoms with E-state index in [0.717, 1.165) is 17.3 Å². The molecular weight excluding hydrogens is 384 g/mol. The molecule has 27 heavy (non-hydrogen) atoms. The largest absolute Gasteiger partial charge is 0.490 e. The number of carbonyl (C=O) groups excluding carboxylic acids is 1. The second-order valence-electron chi connectivity index (χ2n) is 6.29. The molecule has 3 rings (SSSR count). The van der Waals surface area contributed by atoms with Crippen LogP contribution >= 0.6 is 23.3 Å². The summed E-state index contributed by atoms with van der Waals surface area (Å²) in [6.45, 7) is 6.43. The number of ketones is 1. The number of anilines is 1. The van der Waals surface area contributed by atoms with Gasteiger partial charge >= 0.3 is 0 Å². The van der Waals surface area contributed by atoms with Gasteiger partial charge in [-0.05, 0) is 36.6 Å². The van der Waals surface area contributed by atoms with Gasteiger partial charge in [-0.1, -0.05) is 31.7 Å². The van der Waals surface area contributed by atoms with E-state index in [1.165, 1.54) is 6.08 Å². The van der Waals surface area contributed by atoms with E-state index >= 15 is 0 Å². The molecule has 0 fully saturated rings. The molecule has 0 spiro atoms. The molecule has 1 aliphatic rings. The lowest BCUT2D eigenvalue weighted by Gasteiger charge is -2.10. The van der Waals surface area contributed by atoms with Crippen molar-refractivity contribution in [2.75, 3.05) is 18.1 Å². The number of aromatic nitrogens is 3. The summed E-state index contributed by atoms with van der Waals surface area (Å²) in [5, 5.41) is 0.716. The lowest BCUT2D eigenvalue weighted by atomic mass is 10.0. The summed E-state index contributed by atoms with van der Waals surface area (Å²) < 4.78 is 11.4. The highest BCUT2D eigenvalue weighted by Crippen LogP contribution is 2.27. The highest BCUT2D eigenvalue weighted by atomic mass is 32.2. The fourth-order valence-electron chi connectivity index (χ4n) is 2.41. The highest BCUT2D eigenvalue weighted by Gasteiger charge is 2.17. The van der Waals surface area contributed by atoms with Crippen LogP contribution in [0.3, 0.4) is 0 Å². The van der Waals surface area contributed by atoms with Crippen LogP contribution in [0, 0.1) is 5.92 Å². The fraction of sp³-hybridized carbons (Fsp3) is 0.333. The number of allylic oxidation sites excluding steroid dienone is 4. The zero-order valence-electron chi connectivity index (χ0n) is 15.3. The topological polar surface area (TPSA) is 99.6 Å². The predicted molar refractivity (Wildman–Crippen MR) is 109 cm³/mol. The minimum absolute atomic E-state index is 0.207. The van der Waals surface area contributed by atoms with Crippen LogP contribution in [0.1, 0.15) is 26.3 Å². The number of rotatable bonds is 6. The Hall–Kier alpha value is -2.39. The number of nitrogens with two attached hydrogens (primary N) is 1. The summed E-state index contributed by atoms with van der Waals surface area (Å²) in [5.74, 6) is 1.70. The third-order valence-corrected chi connectivity index (χ3v) is 5.84. The predicted octanol–water partition coefficient (Wildman–Crippen LogP) is 2.92. The zero-order valence-corrected chi connectivity index (χ0v) is 16.9. The monoisotopic (exact) mass is 404 g/mol. The third kappa shape index (κ3) is 4.14. The Kier molecular flexibility index (Phi) is 5.81. The Morgan fingerprint density at radius 3 is 2.85 bits per heavy atom. The zero-order chi connectivity index (χ0) is 19.6. The van der Waals surface area contributed by atoms with Gasteiger partial charge in [-0.25, -0.2) is 4.40 Å². The molecule has 2 aromatic rings. The van der Waals surface area contributed by atoms with Gasteiger partial charge in [0.2, 0.25) is 10.7 Å². The van der Waals surface area contributed by atoms with Gasteiger partial charge in [0.15, 0.2) is 10.9 Å². The molecule has 0 atom stereocenters. The normalized spacial score (nSPS) is 15.8. The summed E-state index contributed by atoms with van der Waals surface area (Å²) in [6.07, 6.45) is 6.25. The van der Waals surface area contributed by atoms with Gasteiger partial charge in [-0.2, -0.15) is 9.36 Å². The van der Waals surface area contributed by atoms with Crippen LogP contribution < -0.4 is 11.3 Å². The molecule has 7 nitrogen and oxygen atoms in total. The van der Waals surface area contributed by atoms with E-state index in [-0.39, 0.29) is 22.9 Å².